The van der Waals surface area contributed by atoms with E-state index in [9.17, 15) is 10.2 Å². The molecule has 0 radical (unpaired) electrons. The molecule has 1 fully saturated rings. The van der Waals surface area contributed by atoms with E-state index >= 15 is 0 Å². The van der Waals surface area contributed by atoms with Gasteiger partial charge in [-0.25, -0.2) is 0 Å². The molecule has 2 unspecified atom stereocenters. The summed E-state index contributed by atoms with van der Waals surface area (Å²) in [5, 5.41) is 19.9. The molecule has 1 aromatic carbocycles. The van der Waals surface area contributed by atoms with Gasteiger partial charge in [-0.2, -0.15) is 0 Å². The van der Waals surface area contributed by atoms with Crippen LogP contribution in [0.15, 0.2) is 30.3 Å². The smallest absolute Gasteiger partial charge is 0.0853 e. The van der Waals surface area contributed by atoms with Gasteiger partial charge in [-0.15, -0.1) is 0 Å². The second kappa shape index (κ2) is 6.70. The number of piperidine rings is 1. The Morgan fingerprint density at radius 1 is 1.30 bits per heavy atom. The number of aliphatic hydroxyl groups is 2. The van der Waals surface area contributed by atoms with E-state index in [1.54, 1.807) is 0 Å². The summed E-state index contributed by atoms with van der Waals surface area (Å²) in [6.07, 6.45) is 1.80. The van der Waals surface area contributed by atoms with E-state index in [2.05, 4.69) is 18.7 Å². The maximum atomic E-state index is 10.6. The Balaban J connectivity index is 1.99. The van der Waals surface area contributed by atoms with Crippen LogP contribution in [0, 0.1) is 11.3 Å². The molecule has 0 aliphatic carbocycles. The van der Waals surface area contributed by atoms with Gasteiger partial charge in [0.15, 0.2) is 0 Å². The average Bonchev–Trinajstić information content (AvgIpc) is 2.47. The van der Waals surface area contributed by atoms with Gasteiger partial charge in [-0.3, -0.25) is 0 Å². The summed E-state index contributed by atoms with van der Waals surface area (Å²) in [5.41, 5.74) is 0.784. The van der Waals surface area contributed by atoms with E-state index in [1.165, 1.54) is 0 Å². The fourth-order valence-corrected chi connectivity index (χ4v) is 3.19. The molecule has 20 heavy (non-hydrogen) atoms. The van der Waals surface area contributed by atoms with Crippen LogP contribution in [0.5, 0.6) is 0 Å². The Labute approximate surface area is 122 Å². The van der Waals surface area contributed by atoms with E-state index in [1.807, 2.05) is 30.3 Å². The molecule has 3 heteroatoms. The fraction of sp³-hybridized carbons (Fsp3) is 0.647. The van der Waals surface area contributed by atoms with Crippen LogP contribution in [0.4, 0.5) is 0 Å². The number of likely N-dealkylation sites (tertiary alicyclic amines) is 1. The lowest BCUT2D eigenvalue weighted by atomic mass is 9.81. The van der Waals surface area contributed by atoms with E-state index in [0.29, 0.717) is 5.92 Å². The number of nitrogens with zero attached hydrogens (tertiary/aromatic N) is 1. The van der Waals surface area contributed by atoms with Crippen LogP contribution in [-0.4, -0.2) is 41.4 Å². The average molecular weight is 277 g/mol. The van der Waals surface area contributed by atoms with Gasteiger partial charge in [0.25, 0.3) is 0 Å². The summed E-state index contributed by atoms with van der Waals surface area (Å²) in [7, 11) is 0. The molecule has 0 spiro atoms. The lowest BCUT2D eigenvalue weighted by Crippen LogP contribution is -2.44. The molecule has 1 saturated heterocycles. The Morgan fingerprint density at radius 2 is 2.00 bits per heavy atom. The molecule has 1 aliphatic heterocycles. The third kappa shape index (κ3) is 3.81. The first-order valence-electron chi connectivity index (χ1n) is 7.59. The molecule has 0 amide bonds. The molecule has 3 nitrogen and oxygen atoms in total. The van der Waals surface area contributed by atoms with E-state index in [0.717, 1.165) is 38.0 Å². The SMILES string of the molecule is CC(C)(CN1CCCC(CO)C1)C(O)c1ccccc1. The zero-order chi connectivity index (χ0) is 14.6. The zero-order valence-electron chi connectivity index (χ0n) is 12.6. The Hall–Kier alpha value is -0.900. The molecule has 0 aromatic heterocycles. The summed E-state index contributed by atoms with van der Waals surface area (Å²) in [6, 6.07) is 9.88. The second-order valence-electron chi connectivity index (χ2n) is 6.73. The quantitative estimate of drug-likeness (QED) is 0.869. The van der Waals surface area contributed by atoms with Crippen LogP contribution in [0.3, 0.4) is 0 Å². The van der Waals surface area contributed by atoms with Crippen LogP contribution in [0.2, 0.25) is 0 Å². The maximum absolute atomic E-state index is 10.6. The summed E-state index contributed by atoms with van der Waals surface area (Å²) < 4.78 is 0. The number of benzene rings is 1. The van der Waals surface area contributed by atoms with Crippen LogP contribution < -0.4 is 0 Å². The standard InChI is InChI=1S/C17H27NO2/c1-17(2,16(20)15-8-4-3-5-9-15)13-18-10-6-7-14(11-18)12-19/h3-5,8-9,14,16,19-20H,6-7,10-13H2,1-2H3. The van der Waals surface area contributed by atoms with Crippen molar-refractivity contribution in [3.05, 3.63) is 35.9 Å². The van der Waals surface area contributed by atoms with Crippen molar-refractivity contribution in [3.8, 4) is 0 Å². The third-order valence-corrected chi connectivity index (χ3v) is 4.35. The van der Waals surface area contributed by atoms with E-state index in [-0.39, 0.29) is 12.0 Å². The zero-order valence-corrected chi connectivity index (χ0v) is 12.6. The highest BCUT2D eigenvalue weighted by molar-refractivity contribution is 5.19. The van der Waals surface area contributed by atoms with Crippen molar-refractivity contribution >= 4 is 0 Å². The Kier molecular flexibility index (Phi) is 5.19. The molecule has 2 rings (SSSR count). The van der Waals surface area contributed by atoms with Gasteiger partial charge in [0.1, 0.15) is 0 Å². The molecule has 1 aromatic rings. The predicted octanol–water partition coefficient (Wildman–Crippen LogP) is 2.45. The van der Waals surface area contributed by atoms with Gasteiger partial charge < -0.3 is 15.1 Å². The normalized spacial score (nSPS) is 22.7. The minimum atomic E-state index is -0.460. The highest BCUT2D eigenvalue weighted by Crippen LogP contribution is 2.34. The van der Waals surface area contributed by atoms with Crippen molar-refractivity contribution in [2.45, 2.75) is 32.8 Å². The molecular weight excluding hydrogens is 250 g/mol. The number of rotatable bonds is 5. The summed E-state index contributed by atoms with van der Waals surface area (Å²) in [4.78, 5) is 2.39. The lowest BCUT2D eigenvalue weighted by molar-refractivity contribution is 0.00552. The predicted molar refractivity (Wildman–Crippen MR) is 81.4 cm³/mol. The first kappa shape index (κ1) is 15.5. The molecule has 2 atom stereocenters. The highest BCUT2D eigenvalue weighted by Gasteiger charge is 2.32. The van der Waals surface area contributed by atoms with Crippen molar-refractivity contribution in [3.63, 3.8) is 0 Å². The van der Waals surface area contributed by atoms with Gasteiger partial charge in [0, 0.05) is 25.1 Å². The van der Waals surface area contributed by atoms with Crippen molar-refractivity contribution in [2.24, 2.45) is 11.3 Å². The monoisotopic (exact) mass is 277 g/mol. The van der Waals surface area contributed by atoms with Crippen LogP contribution >= 0.6 is 0 Å². The molecule has 1 heterocycles. The van der Waals surface area contributed by atoms with Gasteiger partial charge in [0.2, 0.25) is 0 Å². The van der Waals surface area contributed by atoms with Gasteiger partial charge in [0.05, 0.1) is 6.10 Å². The van der Waals surface area contributed by atoms with Crippen molar-refractivity contribution < 1.29 is 10.2 Å². The lowest BCUT2D eigenvalue weighted by Gasteiger charge is -2.39. The number of aliphatic hydroxyl groups excluding tert-OH is 2. The molecule has 0 bridgehead atoms. The molecule has 2 N–H and O–H groups in total. The third-order valence-electron chi connectivity index (χ3n) is 4.35. The van der Waals surface area contributed by atoms with Crippen molar-refractivity contribution in [2.75, 3.05) is 26.2 Å². The first-order valence-corrected chi connectivity index (χ1v) is 7.59. The number of hydrogen-bond donors (Lipinski definition) is 2. The van der Waals surface area contributed by atoms with Gasteiger partial charge in [-0.1, -0.05) is 44.2 Å². The van der Waals surface area contributed by atoms with Gasteiger partial charge in [-0.05, 0) is 30.9 Å². The van der Waals surface area contributed by atoms with Crippen LogP contribution in [0.1, 0.15) is 38.4 Å². The molecule has 112 valence electrons. The highest BCUT2D eigenvalue weighted by atomic mass is 16.3. The van der Waals surface area contributed by atoms with Crippen LogP contribution in [0.25, 0.3) is 0 Å². The minimum absolute atomic E-state index is 0.196. The van der Waals surface area contributed by atoms with Crippen molar-refractivity contribution in [1.29, 1.82) is 0 Å². The topological polar surface area (TPSA) is 43.7 Å². The summed E-state index contributed by atoms with van der Waals surface area (Å²) >= 11 is 0. The summed E-state index contributed by atoms with van der Waals surface area (Å²) in [5.74, 6) is 0.397. The minimum Gasteiger partial charge on any atom is -0.396 e. The van der Waals surface area contributed by atoms with Crippen LogP contribution in [-0.2, 0) is 0 Å². The molecule has 0 saturated carbocycles. The molecular formula is C17H27NO2. The maximum Gasteiger partial charge on any atom is 0.0853 e. The largest absolute Gasteiger partial charge is 0.396 e. The fourth-order valence-electron chi connectivity index (χ4n) is 3.19. The first-order chi connectivity index (χ1) is 9.53. The Bertz CT molecular complexity index is 405. The van der Waals surface area contributed by atoms with E-state index in [4.69, 9.17) is 0 Å². The Morgan fingerprint density at radius 3 is 2.65 bits per heavy atom. The van der Waals surface area contributed by atoms with E-state index < -0.39 is 6.10 Å². The summed E-state index contributed by atoms with van der Waals surface area (Å²) in [6.45, 7) is 7.39. The van der Waals surface area contributed by atoms with Crippen molar-refractivity contribution in [1.82, 2.24) is 4.90 Å². The second-order valence-corrected chi connectivity index (χ2v) is 6.73. The number of hydrogen-bond acceptors (Lipinski definition) is 3. The van der Waals surface area contributed by atoms with Gasteiger partial charge >= 0.3 is 0 Å². The molecule has 1 aliphatic rings.